The van der Waals surface area contributed by atoms with Gasteiger partial charge in [-0.2, -0.15) is 9.47 Å². The summed E-state index contributed by atoms with van der Waals surface area (Å²) in [5.74, 6) is -1.41. The lowest BCUT2D eigenvalue weighted by Gasteiger charge is -2.15. The molecule has 106 valence electrons. The average Bonchev–Trinajstić information content (AvgIpc) is 2.90. The molecular weight excluding hydrogens is 280 g/mol. The van der Waals surface area contributed by atoms with Crippen LogP contribution in [0.5, 0.6) is 0 Å². The third-order valence-corrected chi connectivity index (χ3v) is 3.91. The molecule has 0 atom stereocenters. The van der Waals surface area contributed by atoms with Gasteiger partial charge < -0.3 is 5.11 Å². The molecule has 0 radical (unpaired) electrons. The molecule has 0 saturated heterocycles. The zero-order valence-electron chi connectivity index (χ0n) is 11.5. The second-order valence-corrected chi connectivity index (χ2v) is 5.16. The molecule has 2 aromatic heterocycles. The maximum atomic E-state index is 12.4. The van der Waals surface area contributed by atoms with Gasteiger partial charge >= 0.3 is 5.97 Å². The highest BCUT2D eigenvalue weighted by Gasteiger charge is 2.26. The monoisotopic (exact) mass is 294 g/mol. The summed E-state index contributed by atoms with van der Waals surface area (Å²) >= 11 is 0.993. The molecule has 1 N–H and O–H groups in total. The number of hydrogen-bond acceptors (Lipinski definition) is 5. The van der Waals surface area contributed by atoms with Crippen molar-refractivity contribution in [2.45, 2.75) is 13.8 Å². The molecule has 0 aromatic carbocycles. The lowest BCUT2D eigenvalue weighted by atomic mass is 10.2. The van der Waals surface area contributed by atoms with Gasteiger partial charge in [0.25, 0.3) is 5.91 Å². The van der Waals surface area contributed by atoms with Crippen molar-refractivity contribution >= 4 is 28.4 Å². The number of aryl methyl sites for hydroxylation is 3. The zero-order valence-corrected chi connectivity index (χ0v) is 12.4. The highest BCUT2D eigenvalue weighted by atomic mass is 32.1. The molecule has 1 amide bonds. The molecule has 2 aromatic rings. The van der Waals surface area contributed by atoms with Crippen LogP contribution in [0.1, 0.15) is 32.2 Å². The van der Waals surface area contributed by atoms with E-state index in [0.717, 1.165) is 17.2 Å². The summed E-state index contributed by atoms with van der Waals surface area (Å²) in [6.07, 6.45) is 0. The Kier molecular flexibility index (Phi) is 3.58. The van der Waals surface area contributed by atoms with E-state index >= 15 is 0 Å². The molecule has 2 rings (SSSR count). The van der Waals surface area contributed by atoms with Crippen LogP contribution in [0, 0.1) is 13.8 Å². The summed E-state index contributed by atoms with van der Waals surface area (Å²) in [5, 5.41) is 13.6. The first-order valence-electron chi connectivity index (χ1n) is 5.81. The number of anilines is 1. The van der Waals surface area contributed by atoms with E-state index < -0.39 is 5.97 Å². The largest absolute Gasteiger partial charge is 0.478 e. The summed E-state index contributed by atoms with van der Waals surface area (Å²) in [6, 6.07) is 1.66. The summed E-state index contributed by atoms with van der Waals surface area (Å²) in [7, 11) is 3.20. The van der Waals surface area contributed by atoms with Gasteiger partial charge in [-0.15, -0.1) is 0 Å². The van der Waals surface area contributed by atoms with Crippen molar-refractivity contribution in [3.8, 4) is 0 Å². The van der Waals surface area contributed by atoms with Gasteiger partial charge in [-0.3, -0.25) is 14.4 Å². The van der Waals surface area contributed by atoms with Gasteiger partial charge in [0.1, 0.15) is 16.3 Å². The van der Waals surface area contributed by atoms with Crippen LogP contribution in [0.4, 0.5) is 5.00 Å². The van der Waals surface area contributed by atoms with Gasteiger partial charge in [-0.05, 0) is 31.4 Å². The fourth-order valence-corrected chi connectivity index (χ4v) is 2.75. The minimum atomic E-state index is -1.09. The molecule has 0 aliphatic carbocycles. The third kappa shape index (κ3) is 2.29. The van der Waals surface area contributed by atoms with Crippen LogP contribution in [-0.2, 0) is 7.05 Å². The first kappa shape index (κ1) is 14.2. The van der Waals surface area contributed by atoms with Crippen LogP contribution in [0.3, 0.4) is 0 Å². The summed E-state index contributed by atoms with van der Waals surface area (Å²) in [6.45, 7) is 3.40. The maximum absolute atomic E-state index is 12.4. The molecule has 0 saturated carbocycles. The first-order valence-corrected chi connectivity index (χ1v) is 6.58. The lowest BCUT2D eigenvalue weighted by molar-refractivity contribution is 0.0697. The summed E-state index contributed by atoms with van der Waals surface area (Å²) < 4.78 is 5.48. The number of carboxylic acid groups (broad SMARTS) is 1. The van der Waals surface area contributed by atoms with Gasteiger partial charge in [0.2, 0.25) is 0 Å². The number of carbonyl (C=O) groups excluding carboxylic acids is 1. The van der Waals surface area contributed by atoms with Crippen LogP contribution in [0.15, 0.2) is 6.07 Å². The van der Waals surface area contributed by atoms with Crippen LogP contribution in [0.25, 0.3) is 0 Å². The van der Waals surface area contributed by atoms with E-state index in [2.05, 4.69) is 9.47 Å². The normalized spacial score (nSPS) is 10.6. The molecular formula is C12H14N4O3S. The van der Waals surface area contributed by atoms with Crippen molar-refractivity contribution in [3.05, 3.63) is 28.7 Å². The summed E-state index contributed by atoms with van der Waals surface area (Å²) in [5.41, 5.74) is 1.58. The minimum Gasteiger partial charge on any atom is -0.478 e. The fraction of sp³-hybridized carbons (Fsp3) is 0.333. The molecule has 0 aliphatic rings. The number of carboxylic acids is 1. The molecule has 0 spiro atoms. The Balaban J connectivity index is 2.42. The standard InChI is InChI=1S/C12H14N4O3S/c1-6-5-8(16(4)13-6)10(17)15(3)11-9(12(18)19)7(2)14-20-11/h5H,1-4H3,(H,18,19). The van der Waals surface area contributed by atoms with E-state index in [1.807, 2.05) is 0 Å². The van der Waals surface area contributed by atoms with E-state index in [4.69, 9.17) is 0 Å². The predicted octanol–water partition coefficient (Wildman–Crippen LogP) is 1.47. The van der Waals surface area contributed by atoms with Crippen molar-refractivity contribution in [2.75, 3.05) is 11.9 Å². The second kappa shape index (κ2) is 5.04. The zero-order chi connectivity index (χ0) is 15.0. The Labute approximate surface area is 119 Å². The highest BCUT2D eigenvalue weighted by Crippen LogP contribution is 2.28. The second-order valence-electron chi connectivity index (χ2n) is 4.41. The van der Waals surface area contributed by atoms with Crippen LogP contribution >= 0.6 is 11.5 Å². The Morgan fingerprint density at radius 1 is 1.40 bits per heavy atom. The van der Waals surface area contributed by atoms with Crippen molar-refractivity contribution in [1.82, 2.24) is 14.2 Å². The SMILES string of the molecule is Cc1cc(C(=O)N(C)c2snc(C)c2C(=O)O)n(C)n1. The quantitative estimate of drug-likeness (QED) is 0.926. The van der Waals surface area contributed by atoms with Crippen LogP contribution in [0.2, 0.25) is 0 Å². The number of nitrogens with zero attached hydrogens (tertiary/aromatic N) is 4. The van der Waals surface area contributed by atoms with Crippen LogP contribution < -0.4 is 4.90 Å². The van der Waals surface area contributed by atoms with Crippen molar-refractivity contribution < 1.29 is 14.7 Å². The number of rotatable bonds is 3. The van der Waals surface area contributed by atoms with E-state index in [-0.39, 0.29) is 11.5 Å². The Morgan fingerprint density at radius 3 is 2.55 bits per heavy atom. The topological polar surface area (TPSA) is 88.3 Å². The lowest BCUT2D eigenvalue weighted by Crippen LogP contribution is -2.28. The fourth-order valence-electron chi connectivity index (χ4n) is 1.91. The number of carbonyl (C=O) groups is 2. The van der Waals surface area contributed by atoms with Gasteiger partial charge in [0.15, 0.2) is 0 Å². The van der Waals surface area contributed by atoms with E-state index in [0.29, 0.717) is 16.4 Å². The minimum absolute atomic E-state index is 0.0599. The Hall–Kier alpha value is -2.22. The molecule has 0 fully saturated rings. The van der Waals surface area contributed by atoms with Crippen molar-refractivity contribution in [2.24, 2.45) is 7.05 Å². The van der Waals surface area contributed by atoms with Gasteiger partial charge in [0, 0.05) is 14.1 Å². The molecule has 7 nitrogen and oxygen atoms in total. The molecule has 0 bridgehead atoms. The average molecular weight is 294 g/mol. The number of hydrogen-bond donors (Lipinski definition) is 1. The third-order valence-electron chi connectivity index (χ3n) is 2.89. The highest BCUT2D eigenvalue weighted by molar-refractivity contribution is 7.11. The Morgan fingerprint density at radius 2 is 2.05 bits per heavy atom. The van der Waals surface area contributed by atoms with E-state index in [1.165, 1.54) is 16.6 Å². The van der Waals surface area contributed by atoms with Gasteiger partial charge in [-0.25, -0.2) is 4.79 Å². The Bertz CT molecular complexity index is 689. The molecule has 0 unspecified atom stereocenters. The molecule has 2 heterocycles. The molecule has 0 aliphatic heterocycles. The van der Waals surface area contributed by atoms with Gasteiger partial charge in [-0.1, -0.05) is 0 Å². The van der Waals surface area contributed by atoms with Crippen molar-refractivity contribution in [1.29, 1.82) is 0 Å². The van der Waals surface area contributed by atoms with Crippen LogP contribution in [-0.4, -0.2) is 38.2 Å². The number of aromatic nitrogens is 3. The number of aromatic carboxylic acids is 1. The van der Waals surface area contributed by atoms with Gasteiger partial charge in [0.05, 0.1) is 11.4 Å². The van der Waals surface area contributed by atoms with E-state index in [9.17, 15) is 14.7 Å². The summed E-state index contributed by atoms with van der Waals surface area (Å²) in [4.78, 5) is 25.0. The maximum Gasteiger partial charge on any atom is 0.340 e. The number of amides is 1. The first-order chi connectivity index (χ1) is 9.32. The van der Waals surface area contributed by atoms with Crippen molar-refractivity contribution in [3.63, 3.8) is 0 Å². The van der Waals surface area contributed by atoms with E-state index in [1.54, 1.807) is 27.0 Å². The predicted molar refractivity (Wildman–Crippen MR) is 74.5 cm³/mol. The molecule has 8 heteroatoms. The smallest absolute Gasteiger partial charge is 0.340 e. The molecule has 20 heavy (non-hydrogen) atoms.